The lowest BCUT2D eigenvalue weighted by molar-refractivity contribution is -0.139. The summed E-state index contributed by atoms with van der Waals surface area (Å²) in [7, 11) is 0. The molecular weight excluding hydrogens is 282 g/mol. The number of hydrogen-bond acceptors (Lipinski definition) is 3. The van der Waals surface area contributed by atoms with E-state index in [1.54, 1.807) is 18.2 Å². The number of para-hydroxylation sites is 1. The third-order valence-corrected chi connectivity index (χ3v) is 3.32. The van der Waals surface area contributed by atoms with Crippen molar-refractivity contribution in [1.82, 2.24) is 0 Å². The first-order valence-electron chi connectivity index (χ1n) is 6.39. The molecule has 6 heteroatoms. The normalized spacial score (nSPS) is 20.6. The fourth-order valence-electron chi connectivity index (χ4n) is 1.95. The van der Waals surface area contributed by atoms with Crippen LogP contribution in [0, 0.1) is 11.8 Å². The van der Waals surface area contributed by atoms with Gasteiger partial charge >= 0.3 is 5.97 Å². The summed E-state index contributed by atoms with van der Waals surface area (Å²) in [6.45, 7) is 3.71. The Balaban J connectivity index is 2.11. The SMILES string of the molecule is CC(C)Oc1c(Cl)cccc1NC(=O)C1CC1C(=O)O. The van der Waals surface area contributed by atoms with Gasteiger partial charge in [-0.2, -0.15) is 0 Å². The molecule has 0 bridgehead atoms. The molecule has 2 rings (SSSR count). The van der Waals surface area contributed by atoms with Crippen molar-refractivity contribution >= 4 is 29.2 Å². The van der Waals surface area contributed by atoms with Crippen LogP contribution in [-0.2, 0) is 9.59 Å². The molecule has 0 radical (unpaired) electrons. The third kappa shape index (κ3) is 3.22. The van der Waals surface area contributed by atoms with Crippen molar-refractivity contribution in [1.29, 1.82) is 0 Å². The zero-order chi connectivity index (χ0) is 14.9. The van der Waals surface area contributed by atoms with E-state index in [1.807, 2.05) is 13.8 Å². The van der Waals surface area contributed by atoms with Crippen LogP contribution in [0.4, 0.5) is 5.69 Å². The number of aliphatic carboxylic acids is 1. The monoisotopic (exact) mass is 297 g/mol. The first-order valence-corrected chi connectivity index (χ1v) is 6.76. The molecule has 1 amide bonds. The van der Waals surface area contributed by atoms with Crippen LogP contribution in [0.5, 0.6) is 5.75 Å². The molecule has 1 aliphatic rings. The second-order valence-corrected chi connectivity index (χ2v) is 5.47. The molecule has 1 saturated carbocycles. The number of amides is 1. The van der Waals surface area contributed by atoms with Gasteiger partial charge in [-0.3, -0.25) is 9.59 Å². The molecule has 0 aliphatic heterocycles. The number of benzene rings is 1. The van der Waals surface area contributed by atoms with Gasteiger partial charge in [-0.1, -0.05) is 17.7 Å². The smallest absolute Gasteiger partial charge is 0.307 e. The van der Waals surface area contributed by atoms with Crippen LogP contribution in [0.3, 0.4) is 0 Å². The van der Waals surface area contributed by atoms with Crippen LogP contribution < -0.4 is 10.1 Å². The molecule has 2 N–H and O–H groups in total. The zero-order valence-corrected chi connectivity index (χ0v) is 12.0. The number of nitrogens with one attached hydrogen (secondary N) is 1. The molecule has 1 aromatic carbocycles. The predicted octanol–water partition coefficient (Wildman–Crippen LogP) is 2.79. The Bertz CT molecular complexity index is 544. The first kappa shape index (κ1) is 14.7. The Morgan fingerprint density at radius 3 is 2.65 bits per heavy atom. The Morgan fingerprint density at radius 1 is 1.40 bits per heavy atom. The number of hydrogen-bond donors (Lipinski definition) is 2. The molecular formula is C14H16ClNO4. The highest BCUT2D eigenvalue weighted by atomic mass is 35.5. The number of anilines is 1. The van der Waals surface area contributed by atoms with Gasteiger partial charge in [-0.05, 0) is 32.4 Å². The van der Waals surface area contributed by atoms with Gasteiger partial charge in [0, 0.05) is 0 Å². The van der Waals surface area contributed by atoms with Gasteiger partial charge in [-0.15, -0.1) is 0 Å². The van der Waals surface area contributed by atoms with Crippen molar-refractivity contribution in [3.63, 3.8) is 0 Å². The van der Waals surface area contributed by atoms with E-state index < -0.39 is 17.8 Å². The van der Waals surface area contributed by atoms with E-state index in [-0.39, 0.29) is 12.0 Å². The van der Waals surface area contributed by atoms with Crippen molar-refractivity contribution < 1.29 is 19.4 Å². The van der Waals surface area contributed by atoms with Gasteiger partial charge in [0.2, 0.25) is 5.91 Å². The summed E-state index contributed by atoms with van der Waals surface area (Å²) in [6.07, 6.45) is 0.292. The van der Waals surface area contributed by atoms with Crippen molar-refractivity contribution in [2.75, 3.05) is 5.32 Å². The maximum absolute atomic E-state index is 12.0. The van der Waals surface area contributed by atoms with E-state index >= 15 is 0 Å². The second-order valence-electron chi connectivity index (χ2n) is 5.06. The average Bonchev–Trinajstić information content (AvgIpc) is 3.13. The average molecular weight is 298 g/mol. The third-order valence-electron chi connectivity index (χ3n) is 3.02. The Labute approximate surface area is 121 Å². The van der Waals surface area contributed by atoms with E-state index in [9.17, 15) is 9.59 Å². The molecule has 20 heavy (non-hydrogen) atoms. The summed E-state index contributed by atoms with van der Waals surface area (Å²) in [5.74, 6) is -1.89. The maximum Gasteiger partial charge on any atom is 0.307 e. The predicted molar refractivity (Wildman–Crippen MR) is 75.1 cm³/mol. The Kier molecular flexibility index (Phi) is 4.18. The van der Waals surface area contributed by atoms with Crippen molar-refractivity contribution in [2.45, 2.75) is 26.4 Å². The number of halogens is 1. The summed E-state index contributed by atoms with van der Waals surface area (Å²) in [5, 5.41) is 11.9. The minimum atomic E-state index is -0.935. The molecule has 0 heterocycles. The van der Waals surface area contributed by atoms with Gasteiger partial charge < -0.3 is 15.2 Å². The van der Waals surface area contributed by atoms with Crippen molar-refractivity contribution in [3.8, 4) is 5.75 Å². The fraction of sp³-hybridized carbons (Fsp3) is 0.429. The molecule has 5 nitrogen and oxygen atoms in total. The zero-order valence-electron chi connectivity index (χ0n) is 11.2. The number of carboxylic acid groups (broad SMARTS) is 1. The highest BCUT2D eigenvalue weighted by Crippen LogP contribution is 2.41. The van der Waals surface area contributed by atoms with E-state index in [2.05, 4.69) is 5.32 Å². The van der Waals surface area contributed by atoms with E-state index in [4.69, 9.17) is 21.4 Å². The number of carbonyl (C=O) groups excluding carboxylic acids is 1. The van der Waals surface area contributed by atoms with Gasteiger partial charge in [0.25, 0.3) is 0 Å². The topological polar surface area (TPSA) is 75.6 Å². The summed E-state index contributed by atoms with van der Waals surface area (Å²) in [5.41, 5.74) is 0.465. The Morgan fingerprint density at radius 2 is 2.10 bits per heavy atom. The van der Waals surface area contributed by atoms with E-state index in [1.165, 1.54) is 0 Å². The lowest BCUT2D eigenvalue weighted by Crippen LogP contribution is -2.18. The standard InChI is InChI=1S/C14H16ClNO4/c1-7(2)20-12-10(15)4-3-5-11(12)16-13(17)8-6-9(8)14(18)19/h3-5,7-9H,6H2,1-2H3,(H,16,17)(H,18,19). The van der Waals surface area contributed by atoms with Gasteiger partial charge in [0.15, 0.2) is 5.75 Å². The van der Waals surface area contributed by atoms with Crippen LogP contribution in [0.1, 0.15) is 20.3 Å². The molecule has 1 aliphatic carbocycles. The second kappa shape index (κ2) is 5.71. The molecule has 0 spiro atoms. The van der Waals surface area contributed by atoms with Gasteiger partial charge in [0.1, 0.15) is 0 Å². The van der Waals surface area contributed by atoms with Gasteiger partial charge in [-0.25, -0.2) is 0 Å². The number of carbonyl (C=O) groups is 2. The quantitative estimate of drug-likeness (QED) is 0.876. The Hall–Kier alpha value is -1.75. The minimum Gasteiger partial charge on any atom is -0.487 e. The maximum atomic E-state index is 12.0. The van der Waals surface area contributed by atoms with Crippen molar-refractivity contribution in [2.24, 2.45) is 11.8 Å². The lowest BCUT2D eigenvalue weighted by Gasteiger charge is -2.16. The molecule has 1 fully saturated rings. The van der Waals surface area contributed by atoms with Gasteiger partial charge in [0.05, 0.1) is 28.6 Å². The van der Waals surface area contributed by atoms with Crippen LogP contribution in [0.2, 0.25) is 5.02 Å². The number of ether oxygens (including phenoxy) is 1. The van der Waals surface area contributed by atoms with Crippen LogP contribution >= 0.6 is 11.6 Å². The minimum absolute atomic E-state index is 0.0850. The molecule has 1 aromatic rings. The number of rotatable bonds is 5. The largest absolute Gasteiger partial charge is 0.487 e. The van der Waals surface area contributed by atoms with Crippen LogP contribution in [0.25, 0.3) is 0 Å². The van der Waals surface area contributed by atoms with E-state index in [0.717, 1.165) is 0 Å². The molecule has 0 aromatic heterocycles. The van der Waals surface area contributed by atoms with Crippen LogP contribution in [0.15, 0.2) is 18.2 Å². The fourth-order valence-corrected chi connectivity index (χ4v) is 2.16. The highest BCUT2D eigenvalue weighted by Gasteiger charge is 2.48. The molecule has 108 valence electrons. The van der Waals surface area contributed by atoms with Crippen molar-refractivity contribution in [3.05, 3.63) is 23.2 Å². The van der Waals surface area contributed by atoms with E-state index in [0.29, 0.717) is 22.9 Å². The summed E-state index contributed by atoms with van der Waals surface area (Å²) in [6, 6.07) is 5.05. The first-order chi connectivity index (χ1) is 9.40. The number of carboxylic acids is 1. The summed E-state index contributed by atoms with van der Waals surface area (Å²) in [4.78, 5) is 22.7. The molecule has 0 saturated heterocycles. The summed E-state index contributed by atoms with van der Waals surface area (Å²) < 4.78 is 5.59. The summed E-state index contributed by atoms with van der Waals surface area (Å²) >= 11 is 6.06. The van der Waals surface area contributed by atoms with Crippen LogP contribution in [-0.4, -0.2) is 23.1 Å². The lowest BCUT2D eigenvalue weighted by atomic mass is 10.2. The molecule has 2 unspecified atom stereocenters. The molecule has 2 atom stereocenters. The highest BCUT2D eigenvalue weighted by molar-refractivity contribution is 6.32.